The maximum atomic E-state index is 13.6. The van der Waals surface area contributed by atoms with Gasteiger partial charge in [-0.15, -0.1) is 0 Å². The first-order valence-corrected chi connectivity index (χ1v) is 15.5. The number of halogens is 3. The van der Waals surface area contributed by atoms with Crippen LogP contribution < -0.4 is 21.9 Å². The Morgan fingerprint density at radius 2 is 1.16 bits per heavy atom. The van der Waals surface area contributed by atoms with E-state index in [0.717, 1.165) is 22.6 Å². The number of amides is 3. The van der Waals surface area contributed by atoms with Gasteiger partial charge in [0.1, 0.15) is 11.6 Å². The van der Waals surface area contributed by atoms with Crippen molar-refractivity contribution in [1.29, 1.82) is 0 Å². The summed E-state index contributed by atoms with van der Waals surface area (Å²) in [6.07, 6.45) is 0.809. The smallest absolute Gasteiger partial charge is 0.255 e. The topological polar surface area (TPSA) is 155 Å². The minimum absolute atomic E-state index is 0.0110. The summed E-state index contributed by atoms with van der Waals surface area (Å²) >= 11 is 5.36. The third-order valence-corrected chi connectivity index (χ3v) is 7.61. The third kappa shape index (κ3) is 10.1. The first-order valence-electron chi connectivity index (χ1n) is 15.1. The molecule has 49 heavy (non-hydrogen) atoms. The van der Waals surface area contributed by atoms with Gasteiger partial charge in [-0.1, -0.05) is 62.4 Å². The Kier molecular flexibility index (Phi) is 12.4. The lowest BCUT2D eigenvalue weighted by atomic mass is 9.93. The van der Waals surface area contributed by atoms with Crippen molar-refractivity contribution in [2.24, 2.45) is 22.0 Å². The van der Waals surface area contributed by atoms with Crippen LogP contribution in [0.1, 0.15) is 58.5 Å². The van der Waals surface area contributed by atoms with Crippen molar-refractivity contribution < 1.29 is 28.0 Å². The largest absolute Gasteiger partial charge is 0.396 e. The molecule has 13 heteroatoms. The van der Waals surface area contributed by atoms with Gasteiger partial charge in [0.25, 0.3) is 11.1 Å². The molecule has 0 aromatic heterocycles. The summed E-state index contributed by atoms with van der Waals surface area (Å²) in [5.41, 5.74) is 14.6. The number of rotatable bonds is 5. The Hall–Kier alpha value is -5.75. The van der Waals surface area contributed by atoms with Crippen molar-refractivity contribution >= 4 is 57.4 Å². The Morgan fingerprint density at radius 1 is 0.714 bits per heavy atom. The summed E-state index contributed by atoms with van der Waals surface area (Å²) in [7, 11) is 0. The number of benzene rings is 4. The quantitative estimate of drug-likeness (QED) is 0.144. The van der Waals surface area contributed by atoms with E-state index in [1.165, 1.54) is 24.3 Å². The van der Waals surface area contributed by atoms with Gasteiger partial charge >= 0.3 is 0 Å². The van der Waals surface area contributed by atoms with Gasteiger partial charge in [-0.05, 0) is 71.3 Å². The highest BCUT2D eigenvalue weighted by Gasteiger charge is 2.23. The molecule has 0 fully saturated rings. The zero-order chi connectivity index (χ0) is 35.5. The summed E-state index contributed by atoms with van der Waals surface area (Å²) in [5, 5.41) is 10.2. The van der Waals surface area contributed by atoms with Crippen LogP contribution in [0.25, 0.3) is 0 Å². The van der Waals surface area contributed by atoms with Crippen LogP contribution in [-0.2, 0) is 9.59 Å². The normalized spacial score (nSPS) is 16.6. The number of nitrogens with one attached hydrogen (secondary N) is 3. The molecule has 2 aliphatic rings. The SMILES string of the molecule is CC1CC(=O)NN=C1c1ccc(C(=O)Cl)cc1.CC1CC(=O)NN=C1c1ccc(C(=O)Nc2ccccc2F)cc1.Nc1ccccc1F. The number of nitrogens with two attached hydrogens (primary N) is 1. The van der Waals surface area contributed by atoms with E-state index in [1.54, 1.807) is 72.8 Å². The van der Waals surface area contributed by atoms with Gasteiger partial charge in [-0.25, -0.2) is 19.6 Å². The van der Waals surface area contributed by atoms with Crippen molar-refractivity contribution in [1.82, 2.24) is 10.9 Å². The molecule has 0 bridgehead atoms. The van der Waals surface area contributed by atoms with E-state index >= 15 is 0 Å². The molecule has 2 aliphatic heterocycles. The van der Waals surface area contributed by atoms with Crippen molar-refractivity contribution in [3.63, 3.8) is 0 Å². The molecule has 5 N–H and O–H groups in total. The van der Waals surface area contributed by atoms with Crippen molar-refractivity contribution in [3.8, 4) is 0 Å². The minimum Gasteiger partial charge on any atom is -0.396 e. The summed E-state index contributed by atoms with van der Waals surface area (Å²) in [6, 6.07) is 25.8. The van der Waals surface area contributed by atoms with Gasteiger partial charge < -0.3 is 11.1 Å². The molecule has 0 saturated carbocycles. The summed E-state index contributed by atoms with van der Waals surface area (Å²) in [6.45, 7) is 3.87. The van der Waals surface area contributed by atoms with E-state index < -0.39 is 17.0 Å². The molecule has 0 radical (unpaired) electrons. The highest BCUT2D eigenvalue weighted by Crippen LogP contribution is 2.19. The molecule has 2 unspecified atom stereocenters. The fourth-order valence-corrected chi connectivity index (χ4v) is 4.93. The van der Waals surface area contributed by atoms with E-state index in [0.29, 0.717) is 24.0 Å². The number of carbonyl (C=O) groups is 4. The average Bonchev–Trinajstić information content (AvgIpc) is 3.08. The van der Waals surface area contributed by atoms with Crippen LogP contribution in [0.2, 0.25) is 0 Å². The van der Waals surface area contributed by atoms with E-state index in [-0.39, 0.29) is 40.8 Å². The molecular formula is C36H33ClF2N6O4. The summed E-state index contributed by atoms with van der Waals surface area (Å²) in [4.78, 5) is 45.5. The Bertz CT molecular complexity index is 1880. The van der Waals surface area contributed by atoms with Gasteiger partial charge in [0, 0.05) is 35.8 Å². The number of nitrogens with zero attached hydrogens (tertiary/aromatic N) is 2. The van der Waals surface area contributed by atoms with Gasteiger partial charge in [0.15, 0.2) is 0 Å². The number of hydrogen-bond donors (Lipinski definition) is 4. The summed E-state index contributed by atoms with van der Waals surface area (Å²) in [5.74, 6) is -1.33. The standard InChI is InChI=1S/C18H16FN3O2.C12H11ClN2O2.C6H6FN/c1-11-10-16(23)21-22-17(11)12-6-8-13(9-7-12)18(24)20-15-5-3-2-4-14(15)19;1-7-6-10(16)14-15-11(7)8-2-4-9(5-3-8)12(13)17;7-5-3-1-2-4-6(5)8/h2-9,11H,10H2,1H3,(H,20,24)(H,21,23);2-5,7H,6H2,1H3,(H,14,16);1-4H,8H2. The molecular weight excluding hydrogens is 654 g/mol. The van der Waals surface area contributed by atoms with Gasteiger partial charge in [0.2, 0.25) is 11.8 Å². The van der Waals surface area contributed by atoms with E-state index in [1.807, 2.05) is 13.8 Å². The zero-order valence-electron chi connectivity index (χ0n) is 26.5. The Morgan fingerprint density at radius 3 is 1.57 bits per heavy atom. The van der Waals surface area contributed by atoms with Crippen LogP contribution >= 0.6 is 11.6 Å². The van der Waals surface area contributed by atoms with Crippen LogP contribution in [0, 0.1) is 23.5 Å². The number of anilines is 2. The lowest BCUT2D eigenvalue weighted by Crippen LogP contribution is -2.31. The second-order valence-corrected chi connectivity index (χ2v) is 11.5. The van der Waals surface area contributed by atoms with Gasteiger partial charge in [0.05, 0.1) is 22.8 Å². The predicted molar refractivity (Wildman–Crippen MR) is 185 cm³/mol. The monoisotopic (exact) mass is 686 g/mol. The zero-order valence-corrected chi connectivity index (χ0v) is 27.3. The third-order valence-electron chi connectivity index (χ3n) is 7.40. The number of nitrogen functional groups attached to an aromatic ring is 1. The van der Waals surface area contributed by atoms with Crippen molar-refractivity contribution in [2.45, 2.75) is 26.7 Å². The van der Waals surface area contributed by atoms with Crippen molar-refractivity contribution in [3.05, 3.63) is 131 Å². The van der Waals surface area contributed by atoms with E-state index in [4.69, 9.17) is 17.3 Å². The van der Waals surface area contributed by atoms with Gasteiger partial charge in [-0.2, -0.15) is 10.2 Å². The molecule has 2 atom stereocenters. The number of hydrazone groups is 2. The first-order chi connectivity index (χ1) is 23.4. The highest BCUT2D eigenvalue weighted by molar-refractivity contribution is 6.67. The van der Waals surface area contributed by atoms with Crippen LogP contribution in [-0.4, -0.2) is 34.4 Å². The maximum Gasteiger partial charge on any atom is 0.255 e. The van der Waals surface area contributed by atoms with Crippen molar-refractivity contribution in [2.75, 3.05) is 11.1 Å². The molecule has 0 aliphatic carbocycles. The lowest BCUT2D eigenvalue weighted by molar-refractivity contribution is -0.122. The lowest BCUT2D eigenvalue weighted by Gasteiger charge is -2.19. The predicted octanol–water partition coefficient (Wildman–Crippen LogP) is 6.27. The Balaban J connectivity index is 0.000000187. The molecule has 3 amide bonds. The number of carbonyl (C=O) groups excluding carboxylic acids is 4. The molecule has 10 nitrogen and oxygen atoms in total. The molecule has 2 heterocycles. The van der Waals surface area contributed by atoms with E-state index in [2.05, 4.69) is 26.4 Å². The van der Waals surface area contributed by atoms with Gasteiger partial charge in [-0.3, -0.25) is 19.2 Å². The van der Waals surface area contributed by atoms with Crippen LogP contribution in [0.3, 0.4) is 0 Å². The summed E-state index contributed by atoms with van der Waals surface area (Å²) < 4.78 is 25.8. The first kappa shape index (κ1) is 36.1. The minimum atomic E-state index is -0.483. The van der Waals surface area contributed by atoms with E-state index in [9.17, 15) is 28.0 Å². The fraction of sp³-hybridized carbons (Fsp3) is 0.167. The highest BCUT2D eigenvalue weighted by atomic mass is 35.5. The molecule has 0 spiro atoms. The maximum absolute atomic E-state index is 13.6. The fourth-order valence-electron chi connectivity index (χ4n) is 4.80. The van der Waals surface area contributed by atoms with Crippen LogP contribution in [0.15, 0.2) is 107 Å². The average molecular weight is 687 g/mol. The molecule has 6 rings (SSSR count). The molecule has 0 saturated heterocycles. The van der Waals surface area contributed by atoms with Crippen LogP contribution in [0.4, 0.5) is 20.2 Å². The second kappa shape index (κ2) is 16.9. The number of hydrogen-bond acceptors (Lipinski definition) is 7. The second-order valence-electron chi connectivity index (χ2n) is 11.2. The molecule has 4 aromatic rings. The Labute approximate surface area is 286 Å². The molecule has 4 aromatic carbocycles. The number of para-hydroxylation sites is 2. The molecule has 252 valence electrons. The van der Waals surface area contributed by atoms with Crippen LogP contribution in [0.5, 0.6) is 0 Å².